The molecule has 1 aromatic heterocycles. The summed E-state index contributed by atoms with van der Waals surface area (Å²) in [6, 6.07) is 9.46. The highest BCUT2D eigenvalue weighted by Gasteiger charge is 2.14. The Morgan fingerprint density at radius 2 is 1.89 bits per heavy atom. The van der Waals surface area contributed by atoms with Gasteiger partial charge in [-0.3, -0.25) is 4.79 Å². The number of rotatable bonds is 10. The third-order valence-corrected chi connectivity index (χ3v) is 5.09. The molecule has 0 saturated carbocycles. The maximum Gasteiger partial charge on any atom is 0.407 e. The number of amides is 2. The summed E-state index contributed by atoms with van der Waals surface area (Å²) < 4.78 is 5.11. The molecular weight excluding hydrogens is 364 g/mol. The van der Waals surface area contributed by atoms with E-state index in [2.05, 4.69) is 34.7 Å². The summed E-state index contributed by atoms with van der Waals surface area (Å²) >= 11 is 1.42. The lowest BCUT2D eigenvalue weighted by molar-refractivity contribution is -0.116. The van der Waals surface area contributed by atoms with Crippen LogP contribution in [-0.2, 0) is 16.1 Å². The smallest absolute Gasteiger partial charge is 0.407 e. The van der Waals surface area contributed by atoms with Gasteiger partial charge in [-0.05, 0) is 24.8 Å². The average Bonchev–Trinajstić information content (AvgIpc) is 3.13. The molecule has 1 aromatic carbocycles. The molecule has 0 saturated heterocycles. The van der Waals surface area contributed by atoms with Gasteiger partial charge in [0, 0.05) is 18.9 Å². The molecule has 1 heterocycles. The zero-order valence-electron chi connectivity index (χ0n) is 15.7. The number of nitrogens with one attached hydrogen (secondary N) is 2. The Morgan fingerprint density at radius 1 is 1.15 bits per heavy atom. The Morgan fingerprint density at radius 3 is 2.59 bits per heavy atom. The van der Waals surface area contributed by atoms with Gasteiger partial charge in [-0.15, -0.1) is 10.2 Å². The summed E-state index contributed by atoms with van der Waals surface area (Å²) in [6.07, 6.45) is 2.33. The number of nitrogens with zero attached hydrogens (tertiary/aromatic N) is 2. The number of aromatic nitrogens is 2. The van der Waals surface area contributed by atoms with E-state index in [9.17, 15) is 9.59 Å². The Hall–Kier alpha value is -2.48. The molecule has 0 radical (unpaired) electrons. The minimum atomic E-state index is -0.488. The zero-order valence-corrected chi connectivity index (χ0v) is 16.6. The van der Waals surface area contributed by atoms with E-state index in [1.807, 2.05) is 30.3 Å². The van der Waals surface area contributed by atoms with Crippen molar-refractivity contribution in [1.29, 1.82) is 0 Å². The number of carbonyl (C=O) groups excluding carboxylic acids is 2. The van der Waals surface area contributed by atoms with Crippen molar-refractivity contribution in [3.8, 4) is 0 Å². The van der Waals surface area contributed by atoms with Crippen LogP contribution in [0.3, 0.4) is 0 Å². The van der Waals surface area contributed by atoms with Gasteiger partial charge in [0.2, 0.25) is 11.0 Å². The second-order valence-corrected chi connectivity index (χ2v) is 7.11. The van der Waals surface area contributed by atoms with E-state index < -0.39 is 6.09 Å². The second kappa shape index (κ2) is 11.3. The van der Waals surface area contributed by atoms with Crippen molar-refractivity contribution < 1.29 is 14.3 Å². The lowest BCUT2D eigenvalue weighted by Gasteiger charge is -2.07. The van der Waals surface area contributed by atoms with Crippen molar-refractivity contribution in [3.05, 3.63) is 40.9 Å². The summed E-state index contributed by atoms with van der Waals surface area (Å²) in [5.74, 6) is 0.251. The predicted octanol–water partition coefficient (Wildman–Crippen LogP) is 4.09. The molecule has 27 heavy (non-hydrogen) atoms. The summed E-state index contributed by atoms with van der Waals surface area (Å²) in [5, 5.41) is 15.1. The van der Waals surface area contributed by atoms with Crippen LogP contribution in [0.5, 0.6) is 0 Å². The van der Waals surface area contributed by atoms with E-state index in [0.29, 0.717) is 30.4 Å². The van der Waals surface area contributed by atoms with Crippen molar-refractivity contribution in [2.75, 3.05) is 11.9 Å². The van der Waals surface area contributed by atoms with Crippen molar-refractivity contribution in [2.45, 2.75) is 52.1 Å². The summed E-state index contributed by atoms with van der Waals surface area (Å²) in [6.45, 7) is 4.83. The quantitative estimate of drug-likeness (QED) is 0.596. The number of anilines is 1. The SMILES string of the molecule is CCC(CC)c1nnc(NC(=O)CCCNC(=O)OCc2ccccc2)s1. The van der Waals surface area contributed by atoms with Crippen molar-refractivity contribution >= 4 is 28.5 Å². The molecule has 0 fully saturated rings. The minimum absolute atomic E-state index is 0.137. The van der Waals surface area contributed by atoms with E-state index in [1.54, 1.807) is 0 Å². The third-order valence-electron chi connectivity index (χ3n) is 4.08. The Kier molecular flexibility index (Phi) is 8.70. The van der Waals surface area contributed by atoms with Crippen molar-refractivity contribution in [1.82, 2.24) is 15.5 Å². The monoisotopic (exact) mass is 390 g/mol. The molecule has 0 aliphatic rings. The van der Waals surface area contributed by atoms with Crippen LogP contribution in [0, 0.1) is 0 Å². The second-order valence-electron chi connectivity index (χ2n) is 6.10. The van der Waals surface area contributed by atoms with Gasteiger partial charge in [0.1, 0.15) is 11.6 Å². The van der Waals surface area contributed by atoms with Gasteiger partial charge in [0.05, 0.1) is 0 Å². The first kappa shape index (κ1) is 20.8. The first-order valence-corrected chi connectivity index (χ1v) is 10.0. The lowest BCUT2D eigenvalue weighted by Crippen LogP contribution is -2.26. The molecule has 0 aliphatic carbocycles. The third kappa shape index (κ3) is 7.34. The van der Waals surface area contributed by atoms with Gasteiger partial charge < -0.3 is 15.4 Å². The van der Waals surface area contributed by atoms with Crippen molar-refractivity contribution in [3.63, 3.8) is 0 Å². The molecule has 0 unspecified atom stereocenters. The number of ether oxygens (including phenoxy) is 1. The fraction of sp³-hybridized carbons (Fsp3) is 0.474. The summed E-state index contributed by atoms with van der Waals surface area (Å²) in [4.78, 5) is 23.6. The van der Waals surface area contributed by atoms with Crippen LogP contribution in [0.25, 0.3) is 0 Å². The molecule has 2 rings (SSSR count). The molecule has 7 nitrogen and oxygen atoms in total. The molecule has 0 spiro atoms. The molecule has 2 N–H and O–H groups in total. The van der Waals surface area contributed by atoms with Crippen LogP contribution in [0.4, 0.5) is 9.93 Å². The predicted molar refractivity (Wildman–Crippen MR) is 106 cm³/mol. The number of benzene rings is 1. The van der Waals surface area contributed by atoms with Gasteiger partial charge >= 0.3 is 6.09 Å². The molecular formula is C19H26N4O3S. The fourth-order valence-electron chi connectivity index (χ4n) is 2.48. The molecule has 0 aliphatic heterocycles. The highest BCUT2D eigenvalue weighted by molar-refractivity contribution is 7.15. The average molecular weight is 391 g/mol. The Labute approximate surface area is 163 Å². The van der Waals surface area contributed by atoms with Gasteiger partial charge in [0.15, 0.2) is 0 Å². The number of carbonyl (C=O) groups is 2. The van der Waals surface area contributed by atoms with Crippen LogP contribution in [-0.4, -0.2) is 28.7 Å². The maximum absolute atomic E-state index is 12.0. The van der Waals surface area contributed by atoms with Crippen LogP contribution < -0.4 is 10.6 Å². The molecule has 2 amide bonds. The van der Waals surface area contributed by atoms with Crippen molar-refractivity contribution in [2.24, 2.45) is 0 Å². The van der Waals surface area contributed by atoms with Crippen LogP contribution in [0.1, 0.15) is 56.0 Å². The lowest BCUT2D eigenvalue weighted by atomic mass is 10.1. The Balaban J connectivity index is 1.61. The molecule has 2 aromatic rings. The first-order chi connectivity index (χ1) is 13.1. The van der Waals surface area contributed by atoms with E-state index in [0.717, 1.165) is 23.4 Å². The van der Waals surface area contributed by atoms with Crippen LogP contribution in [0.2, 0.25) is 0 Å². The first-order valence-electron chi connectivity index (χ1n) is 9.20. The summed E-state index contributed by atoms with van der Waals surface area (Å²) in [7, 11) is 0. The van der Waals surface area contributed by atoms with E-state index in [-0.39, 0.29) is 12.5 Å². The van der Waals surface area contributed by atoms with E-state index in [4.69, 9.17) is 4.74 Å². The minimum Gasteiger partial charge on any atom is -0.445 e. The van der Waals surface area contributed by atoms with Crippen LogP contribution in [0.15, 0.2) is 30.3 Å². The summed E-state index contributed by atoms with van der Waals surface area (Å²) in [5.41, 5.74) is 0.928. The Bertz CT molecular complexity index is 717. The highest BCUT2D eigenvalue weighted by atomic mass is 32.1. The maximum atomic E-state index is 12.0. The van der Waals surface area contributed by atoms with Gasteiger partial charge in [-0.2, -0.15) is 0 Å². The molecule has 146 valence electrons. The fourth-order valence-corrected chi connectivity index (χ4v) is 3.51. The normalized spacial score (nSPS) is 10.6. The van der Waals surface area contributed by atoms with Gasteiger partial charge in [-0.1, -0.05) is 55.5 Å². The number of hydrogen-bond acceptors (Lipinski definition) is 6. The van der Waals surface area contributed by atoms with Gasteiger partial charge in [0.25, 0.3) is 0 Å². The molecule has 0 bridgehead atoms. The molecule has 0 atom stereocenters. The zero-order chi connectivity index (χ0) is 19.5. The topological polar surface area (TPSA) is 93.2 Å². The van der Waals surface area contributed by atoms with Gasteiger partial charge in [-0.25, -0.2) is 4.79 Å². The molecule has 8 heteroatoms. The standard InChI is InChI=1S/C19H26N4O3S/c1-3-15(4-2)17-22-23-18(27-17)21-16(24)11-8-12-20-19(25)26-13-14-9-6-5-7-10-14/h5-7,9-10,15H,3-4,8,11-13H2,1-2H3,(H,20,25)(H,21,23,24). The van der Waals surface area contributed by atoms with E-state index >= 15 is 0 Å². The van der Waals surface area contributed by atoms with Crippen LogP contribution >= 0.6 is 11.3 Å². The number of alkyl carbamates (subject to hydrolysis) is 1. The number of hydrogen-bond donors (Lipinski definition) is 2. The highest BCUT2D eigenvalue weighted by Crippen LogP contribution is 2.28. The van der Waals surface area contributed by atoms with E-state index in [1.165, 1.54) is 11.3 Å². The largest absolute Gasteiger partial charge is 0.445 e.